The van der Waals surface area contributed by atoms with E-state index in [4.69, 9.17) is 26.8 Å². The second-order valence-corrected chi connectivity index (χ2v) is 7.79. The Bertz CT molecular complexity index is 1000. The van der Waals surface area contributed by atoms with Crippen molar-refractivity contribution < 1.29 is 24.2 Å². The number of methoxy groups -OCH3 is 2. The molecule has 0 bridgehead atoms. The van der Waals surface area contributed by atoms with Gasteiger partial charge in [-0.1, -0.05) is 30.0 Å². The van der Waals surface area contributed by atoms with Gasteiger partial charge in [0.05, 0.1) is 24.8 Å². The van der Waals surface area contributed by atoms with Crippen LogP contribution in [0.3, 0.4) is 0 Å². The number of hydrogen-bond donors (Lipinski definition) is 1. The highest BCUT2D eigenvalue weighted by Gasteiger charge is 2.38. The standard InChI is InChI=1S/C20H18N2O5S2/c1-11(19(24)25)22-18(23)17(29-20(22)28)8-12-4-6-14(21-10-12)13-5-7-15(26-2)16(9-13)27-3/h4-11H,1-3H3,(H,24,25)/b17-8-/t11-/m0/s1. The van der Waals surface area contributed by atoms with E-state index in [0.29, 0.717) is 22.0 Å². The first-order valence-electron chi connectivity index (χ1n) is 8.54. The minimum Gasteiger partial charge on any atom is -0.493 e. The van der Waals surface area contributed by atoms with E-state index in [0.717, 1.165) is 27.9 Å². The highest BCUT2D eigenvalue weighted by molar-refractivity contribution is 8.26. The lowest BCUT2D eigenvalue weighted by molar-refractivity contribution is -0.144. The van der Waals surface area contributed by atoms with E-state index in [9.17, 15) is 9.59 Å². The summed E-state index contributed by atoms with van der Waals surface area (Å²) in [5.41, 5.74) is 2.30. The molecule has 7 nitrogen and oxygen atoms in total. The Labute approximate surface area is 177 Å². The quantitative estimate of drug-likeness (QED) is 0.551. The SMILES string of the molecule is COc1ccc(-c2ccc(/C=C3\SC(=S)N([C@@H](C)C(=O)O)C3=O)cn2)cc1OC. The smallest absolute Gasteiger partial charge is 0.326 e. The highest BCUT2D eigenvalue weighted by Crippen LogP contribution is 2.34. The molecule has 2 heterocycles. The molecule has 1 aliphatic heterocycles. The monoisotopic (exact) mass is 430 g/mol. The molecule has 1 fully saturated rings. The van der Waals surface area contributed by atoms with E-state index in [1.807, 2.05) is 24.3 Å². The van der Waals surface area contributed by atoms with Crippen molar-refractivity contribution >= 4 is 46.3 Å². The van der Waals surface area contributed by atoms with Gasteiger partial charge in [0.25, 0.3) is 5.91 Å². The topological polar surface area (TPSA) is 89.0 Å². The third-order valence-electron chi connectivity index (χ3n) is 4.33. The molecule has 0 spiro atoms. The zero-order chi connectivity index (χ0) is 21.1. The summed E-state index contributed by atoms with van der Waals surface area (Å²) in [5.74, 6) is -0.292. The van der Waals surface area contributed by atoms with Crippen LogP contribution in [0, 0.1) is 0 Å². The molecular formula is C20H18N2O5S2. The zero-order valence-corrected chi connectivity index (χ0v) is 17.5. The molecular weight excluding hydrogens is 412 g/mol. The summed E-state index contributed by atoms with van der Waals surface area (Å²) in [6.07, 6.45) is 3.29. The second-order valence-electron chi connectivity index (χ2n) is 6.11. The number of carbonyl (C=O) groups excluding carboxylic acids is 1. The van der Waals surface area contributed by atoms with Gasteiger partial charge in [-0.15, -0.1) is 0 Å². The van der Waals surface area contributed by atoms with E-state index in [1.54, 1.807) is 32.6 Å². The third-order valence-corrected chi connectivity index (χ3v) is 5.66. The molecule has 9 heteroatoms. The van der Waals surface area contributed by atoms with Gasteiger partial charge in [-0.3, -0.25) is 14.7 Å². The number of nitrogens with zero attached hydrogens (tertiary/aromatic N) is 2. The van der Waals surface area contributed by atoms with Crippen LogP contribution >= 0.6 is 24.0 Å². The van der Waals surface area contributed by atoms with E-state index >= 15 is 0 Å². The lowest BCUT2D eigenvalue weighted by atomic mass is 10.1. The number of amides is 1. The number of carboxylic acid groups (broad SMARTS) is 1. The van der Waals surface area contributed by atoms with E-state index in [2.05, 4.69) is 4.98 Å². The maximum atomic E-state index is 12.5. The van der Waals surface area contributed by atoms with Gasteiger partial charge in [-0.2, -0.15) is 0 Å². The fourth-order valence-electron chi connectivity index (χ4n) is 2.73. The maximum Gasteiger partial charge on any atom is 0.326 e. The number of ether oxygens (including phenoxy) is 2. The molecule has 1 aromatic carbocycles. The molecule has 0 saturated carbocycles. The first-order chi connectivity index (χ1) is 13.8. The first kappa shape index (κ1) is 20.8. The third kappa shape index (κ3) is 4.25. The summed E-state index contributed by atoms with van der Waals surface area (Å²) in [7, 11) is 3.14. The number of benzene rings is 1. The van der Waals surface area contributed by atoms with Crippen molar-refractivity contribution in [2.75, 3.05) is 14.2 Å². The molecule has 1 aliphatic rings. The minimum atomic E-state index is -1.11. The average Bonchev–Trinajstić information content (AvgIpc) is 3.00. The number of pyridine rings is 1. The maximum absolute atomic E-state index is 12.5. The molecule has 150 valence electrons. The van der Waals surface area contributed by atoms with E-state index < -0.39 is 17.9 Å². The van der Waals surface area contributed by atoms with Gasteiger partial charge >= 0.3 is 5.97 Å². The van der Waals surface area contributed by atoms with Crippen LogP contribution in [0.25, 0.3) is 17.3 Å². The van der Waals surface area contributed by atoms with Crippen molar-refractivity contribution in [3.8, 4) is 22.8 Å². The molecule has 1 amide bonds. The fraction of sp³-hybridized carbons (Fsp3) is 0.200. The van der Waals surface area contributed by atoms with Crippen LogP contribution in [-0.2, 0) is 9.59 Å². The van der Waals surface area contributed by atoms with Crippen LogP contribution in [0.2, 0.25) is 0 Å². The van der Waals surface area contributed by atoms with Gasteiger partial charge < -0.3 is 14.6 Å². The first-order valence-corrected chi connectivity index (χ1v) is 9.76. The highest BCUT2D eigenvalue weighted by atomic mass is 32.2. The van der Waals surface area contributed by atoms with Crippen molar-refractivity contribution in [1.29, 1.82) is 0 Å². The van der Waals surface area contributed by atoms with E-state index in [-0.39, 0.29) is 4.32 Å². The van der Waals surface area contributed by atoms with Crippen LogP contribution < -0.4 is 9.47 Å². The lowest BCUT2D eigenvalue weighted by Gasteiger charge is -2.18. The molecule has 3 rings (SSSR count). The van der Waals surface area contributed by atoms with Crippen LogP contribution in [0.5, 0.6) is 11.5 Å². The molecule has 1 saturated heterocycles. The molecule has 0 aliphatic carbocycles. The number of hydrogen-bond acceptors (Lipinski definition) is 7. The Morgan fingerprint density at radius 3 is 2.55 bits per heavy atom. The Morgan fingerprint density at radius 2 is 1.97 bits per heavy atom. The fourth-order valence-corrected chi connectivity index (χ4v) is 4.15. The number of aromatic nitrogens is 1. The van der Waals surface area contributed by atoms with Crippen molar-refractivity contribution in [3.63, 3.8) is 0 Å². The zero-order valence-electron chi connectivity index (χ0n) is 15.9. The Kier molecular flexibility index (Phi) is 6.19. The summed E-state index contributed by atoms with van der Waals surface area (Å²) in [6, 6.07) is 8.15. The minimum absolute atomic E-state index is 0.228. The predicted octanol–water partition coefficient (Wildman–Crippen LogP) is 3.44. The number of rotatable bonds is 6. The summed E-state index contributed by atoms with van der Waals surface area (Å²) in [5, 5.41) is 9.15. The van der Waals surface area contributed by atoms with Gasteiger partial charge in [0.1, 0.15) is 10.4 Å². The molecule has 2 aromatic rings. The van der Waals surface area contributed by atoms with Gasteiger partial charge in [-0.25, -0.2) is 4.79 Å². The summed E-state index contributed by atoms with van der Waals surface area (Å²) in [6.45, 7) is 1.43. The van der Waals surface area contributed by atoms with Crippen LogP contribution in [-0.4, -0.2) is 51.4 Å². The molecule has 1 atom stereocenters. The molecule has 29 heavy (non-hydrogen) atoms. The molecule has 0 unspecified atom stereocenters. The Morgan fingerprint density at radius 1 is 1.24 bits per heavy atom. The van der Waals surface area contributed by atoms with Crippen LogP contribution in [0.1, 0.15) is 12.5 Å². The van der Waals surface area contributed by atoms with Gasteiger partial charge in [0.2, 0.25) is 0 Å². The Hall–Kier alpha value is -2.91. The Balaban J connectivity index is 1.83. The number of carbonyl (C=O) groups is 2. The van der Waals surface area contributed by atoms with Crippen LogP contribution in [0.4, 0.5) is 0 Å². The normalized spacial score (nSPS) is 16.2. The van der Waals surface area contributed by atoms with Gasteiger partial charge in [0, 0.05) is 11.8 Å². The number of thioether (sulfide) groups is 1. The van der Waals surface area contributed by atoms with Crippen molar-refractivity contribution in [2.45, 2.75) is 13.0 Å². The average molecular weight is 431 g/mol. The predicted molar refractivity (Wildman–Crippen MR) is 115 cm³/mol. The number of carboxylic acids is 1. The summed E-state index contributed by atoms with van der Waals surface area (Å²) >= 11 is 6.24. The second kappa shape index (κ2) is 8.62. The number of thiocarbonyl (C=S) groups is 1. The van der Waals surface area contributed by atoms with Crippen molar-refractivity contribution in [3.05, 3.63) is 47.0 Å². The number of aliphatic carboxylic acids is 1. The van der Waals surface area contributed by atoms with Gasteiger partial charge in [0.15, 0.2) is 11.5 Å². The van der Waals surface area contributed by atoms with Gasteiger partial charge in [-0.05, 0) is 42.8 Å². The van der Waals surface area contributed by atoms with Crippen LogP contribution in [0.15, 0.2) is 41.4 Å². The largest absolute Gasteiger partial charge is 0.493 e. The van der Waals surface area contributed by atoms with Crippen molar-refractivity contribution in [2.24, 2.45) is 0 Å². The summed E-state index contributed by atoms with van der Waals surface area (Å²) in [4.78, 5) is 29.6. The summed E-state index contributed by atoms with van der Waals surface area (Å²) < 4.78 is 10.8. The van der Waals surface area contributed by atoms with E-state index in [1.165, 1.54) is 6.92 Å². The van der Waals surface area contributed by atoms with Crippen molar-refractivity contribution in [1.82, 2.24) is 9.88 Å². The molecule has 0 radical (unpaired) electrons. The lowest BCUT2D eigenvalue weighted by Crippen LogP contribution is -2.41. The molecule has 1 aromatic heterocycles. The molecule has 1 N–H and O–H groups in total.